The van der Waals surface area contributed by atoms with E-state index in [1.54, 1.807) is 13.1 Å². The van der Waals surface area contributed by atoms with Gasteiger partial charge in [-0.05, 0) is 18.2 Å². The summed E-state index contributed by atoms with van der Waals surface area (Å²) in [5.41, 5.74) is 1.15. The molecule has 0 aliphatic carbocycles. The highest BCUT2D eigenvalue weighted by atomic mass is 19.1. The van der Waals surface area contributed by atoms with Gasteiger partial charge < -0.3 is 5.11 Å². The van der Waals surface area contributed by atoms with Gasteiger partial charge in [-0.25, -0.2) is 9.18 Å². The van der Waals surface area contributed by atoms with Crippen molar-refractivity contribution in [2.45, 2.75) is 6.67 Å². The van der Waals surface area contributed by atoms with Crippen molar-refractivity contribution in [3.8, 4) is 0 Å². The number of hydrogen-bond acceptors (Lipinski definition) is 2. The Morgan fingerprint density at radius 1 is 1.60 bits per heavy atom. The fraction of sp³-hybridized carbons (Fsp3) is 0.200. The molecule has 0 radical (unpaired) electrons. The van der Waals surface area contributed by atoms with Gasteiger partial charge in [-0.2, -0.15) is 5.10 Å². The predicted molar refractivity (Wildman–Crippen MR) is 52.5 cm³/mol. The Hall–Kier alpha value is -1.91. The lowest BCUT2D eigenvalue weighted by atomic mass is 10.1. The zero-order valence-corrected chi connectivity index (χ0v) is 8.07. The highest BCUT2D eigenvalue weighted by Crippen LogP contribution is 2.20. The Morgan fingerprint density at radius 3 is 2.93 bits per heavy atom. The van der Waals surface area contributed by atoms with Gasteiger partial charge in [0, 0.05) is 12.4 Å². The van der Waals surface area contributed by atoms with E-state index in [4.69, 9.17) is 5.11 Å². The predicted octanol–water partition coefficient (Wildman–Crippen LogP) is 1.74. The Balaban J connectivity index is 2.73. The number of aryl methyl sites for hydroxylation is 1. The Labute approximate surface area is 84.9 Å². The summed E-state index contributed by atoms with van der Waals surface area (Å²) in [6, 6.07) is 4.55. The molecule has 5 heteroatoms. The third-order valence-electron chi connectivity index (χ3n) is 2.30. The Bertz CT molecular complexity index is 533. The number of hydrogen-bond donors (Lipinski definition) is 1. The molecule has 0 atom stereocenters. The summed E-state index contributed by atoms with van der Waals surface area (Å²) in [5.74, 6) is -1.02. The average Bonchev–Trinajstić information content (AvgIpc) is 2.55. The van der Waals surface area contributed by atoms with E-state index in [0.29, 0.717) is 5.39 Å². The zero-order valence-electron chi connectivity index (χ0n) is 8.07. The molecule has 1 aromatic carbocycles. The van der Waals surface area contributed by atoms with E-state index in [1.165, 1.54) is 16.8 Å². The second-order valence-corrected chi connectivity index (χ2v) is 3.24. The molecule has 0 aliphatic rings. The van der Waals surface area contributed by atoms with E-state index in [0.717, 1.165) is 5.52 Å². The van der Waals surface area contributed by atoms with Crippen LogP contribution >= 0.6 is 0 Å². The lowest BCUT2D eigenvalue weighted by Crippen LogP contribution is -1.95. The van der Waals surface area contributed by atoms with Gasteiger partial charge >= 0.3 is 5.97 Å². The third kappa shape index (κ3) is 1.45. The van der Waals surface area contributed by atoms with Crippen LogP contribution in [0.25, 0.3) is 10.9 Å². The first kappa shape index (κ1) is 9.64. The van der Waals surface area contributed by atoms with Crippen LogP contribution in [0.5, 0.6) is 0 Å². The average molecular weight is 208 g/mol. The maximum absolute atomic E-state index is 12.6. The summed E-state index contributed by atoms with van der Waals surface area (Å²) in [6.07, 6.45) is 0. The molecular formula is C10H9FN2O2. The summed E-state index contributed by atoms with van der Waals surface area (Å²) >= 11 is 0. The van der Waals surface area contributed by atoms with E-state index in [9.17, 15) is 9.18 Å². The molecule has 78 valence electrons. The highest BCUT2D eigenvalue weighted by molar-refractivity contribution is 5.94. The number of aromatic carboxylic acids is 1. The minimum Gasteiger partial charge on any atom is -0.478 e. The van der Waals surface area contributed by atoms with Crippen LogP contribution in [0.3, 0.4) is 0 Å². The molecule has 0 aliphatic heterocycles. The third-order valence-corrected chi connectivity index (χ3v) is 2.30. The van der Waals surface area contributed by atoms with Crippen molar-refractivity contribution in [3.05, 3.63) is 29.5 Å². The summed E-state index contributed by atoms with van der Waals surface area (Å²) in [4.78, 5) is 10.7. The Kier molecular flexibility index (Phi) is 2.15. The number of fused-ring (bicyclic) bond motifs is 1. The maximum atomic E-state index is 12.6. The van der Waals surface area contributed by atoms with Gasteiger partial charge in [-0.15, -0.1) is 0 Å². The highest BCUT2D eigenvalue weighted by Gasteiger charge is 2.11. The fourth-order valence-corrected chi connectivity index (χ4v) is 1.57. The van der Waals surface area contributed by atoms with Crippen LogP contribution < -0.4 is 0 Å². The molecule has 0 fully saturated rings. The maximum Gasteiger partial charge on any atom is 0.335 e. The molecule has 4 nitrogen and oxygen atoms in total. The van der Waals surface area contributed by atoms with E-state index in [1.807, 2.05) is 0 Å². The number of rotatable bonds is 2. The molecule has 0 unspecified atom stereocenters. The van der Waals surface area contributed by atoms with Crippen LogP contribution in [-0.2, 0) is 13.7 Å². The fourth-order valence-electron chi connectivity index (χ4n) is 1.57. The number of alkyl halides is 1. The molecule has 2 aromatic rings. The van der Waals surface area contributed by atoms with E-state index >= 15 is 0 Å². The lowest BCUT2D eigenvalue weighted by molar-refractivity contribution is 0.0697. The largest absolute Gasteiger partial charge is 0.478 e. The van der Waals surface area contributed by atoms with Crippen molar-refractivity contribution in [2.75, 3.05) is 0 Å². The van der Waals surface area contributed by atoms with Crippen molar-refractivity contribution in [2.24, 2.45) is 7.05 Å². The van der Waals surface area contributed by atoms with Gasteiger partial charge in [-0.3, -0.25) is 4.68 Å². The molecule has 1 aromatic heterocycles. The molecule has 0 saturated carbocycles. The van der Waals surface area contributed by atoms with Crippen molar-refractivity contribution in [1.82, 2.24) is 9.78 Å². The molecule has 0 amide bonds. The summed E-state index contributed by atoms with van der Waals surface area (Å²) < 4.78 is 14.1. The molecule has 15 heavy (non-hydrogen) atoms. The molecule has 0 saturated heterocycles. The monoisotopic (exact) mass is 208 g/mol. The van der Waals surface area contributed by atoms with Crippen LogP contribution in [0.15, 0.2) is 18.2 Å². The first-order valence-electron chi connectivity index (χ1n) is 4.38. The molecule has 1 N–H and O–H groups in total. The smallest absolute Gasteiger partial charge is 0.335 e. The number of benzene rings is 1. The van der Waals surface area contributed by atoms with E-state index in [2.05, 4.69) is 5.10 Å². The van der Waals surface area contributed by atoms with Gasteiger partial charge in [0.25, 0.3) is 0 Å². The van der Waals surface area contributed by atoms with Crippen LogP contribution in [0, 0.1) is 0 Å². The van der Waals surface area contributed by atoms with Crippen LogP contribution in [0.1, 0.15) is 16.1 Å². The number of carboxylic acids is 1. The van der Waals surface area contributed by atoms with Crippen molar-refractivity contribution in [3.63, 3.8) is 0 Å². The molecule has 0 spiro atoms. The van der Waals surface area contributed by atoms with E-state index in [-0.39, 0.29) is 11.3 Å². The Morgan fingerprint density at radius 2 is 2.33 bits per heavy atom. The van der Waals surface area contributed by atoms with Crippen LogP contribution in [0.2, 0.25) is 0 Å². The zero-order chi connectivity index (χ0) is 11.0. The SMILES string of the molecule is Cn1nc(CF)c2cc(C(=O)O)ccc21. The second-order valence-electron chi connectivity index (χ2n) is 3.24. The quantitative estimate of drug-likeness (QED) is 0.817. The first-order valence-corrected chi connectivity index (χ1v) is 4.38. The van der Waals surface area contributed by atoms with Gasteiger partial charge in [0.1, 0.15) is 12.4 Å². The van der Waals surface area contributed by atoms with Crippen LogP contribution in [0.4, 0.5) is 4.39 Å². The second kappa shape index (κ2) is 3.34. The summed E-state index contributed by atoms with van der Waals surface area (Å²) in [7, 11) is 1.70. The number of halogens is 1. The number of carbonyl (C=O) groups is 1. The molecule has 0 bridgehead atoms. The number of aromatic nitrogens is 2. The summed E-state index contributed by atoms with van der Waals surface area (Å²) in [5, 5.41) is 13.3. The topological polar surface area (TPSA) is 55.1 Å². The lowest BCUT2D eigenvalue weighted by Gasteiger charge is -1.96. The normalized spacial score (nSPS) is 10.8. The van der Waals surface area contributed by atoms with Crippen molar-refractivity contribution >= 4 is 16.9 Å². The number of nitrogens with zero attached hydrogens (tertiary/aromatic N) is 2. The molecule has 2 rings (SSSR count). The number of carboxylic acid groups (broad SMARTS) is 1. The molecular weight excluding hydrogens is 199 g/mol. The minimum atomic E-state index is -1.02. The first-order chi connectivity index (χ1) is 7.13. The van der Waals surface area contributed by atoms with Crippen molar-refractivity contribution in [1.29, 1.82) is 0 Å². The van der Waals surface area contributed by atoms with Gasteiger partial charge in [0.15, 0.2) is 0 Å². The van der Waals surface area contributed by atoms with Gasteiger partial charge in [0.2, 0.25) is 0 Å². The standard InChI is InChI=1S/C10H9FN2O2/c1-13-9-3-2-6(10(14)15)4-7(9)8(5-11)12-13/h2-4H,5H2,1H3,(H,14,15). The van der Waals surface area contributed by atoms with E-state index < -0.39 is 12.6 Å². The van der Waals surface area contributed by atoms with Crippen LogP contribution in [-0.4, -0.2) is 20.9 Å². The van der Waals surface area contributed by atoms with Gasteiger partial charge in [0.05, 0.1) is 11.1 Å². The van der Waals surface area contributed by atoms with Gasteiger partial charge in [-0.1, -0.05) is 0 Å². The minimum absolute atomic E-state index is 0.144. The molecule has 1 heterocycles. The summed E-state index contributed by atoms with van der Waals surface area (Å²) in [6.45, 7) is -0.694. The van der Waals surface area contributed by atoms with Crippen molar-refractivity contribution < 1.29 is 14.3 Å².